The highest BCUT2D eigenvalue weighted by atomic mass is 35.5. The molecule has 0 bridgehead atoms. The summed E-state index contributed by atoms with van der Waals surface area (Å²) in [6.45, 7) is -0.386. The summed E-state index contributed by atoms with van der Waals surface area (Å²) in [6.07, 6.45) is 1.35. The van der Waals surface area contributed by atoms with Crippen LogP contribution in [0.5, 0.6) is 0 Å². The Morgan fingerprint density at radius 2 is 1.68 bits per heavy atom. The summed E-state index contributed by atoms with van der Waals surface area (Å²) in [5, 5.41) is 5.03. The van der Waals surface area contributed by atoms with Crippen molar-refractivity contribution in [1.82, 2.24) is 10.9 Å². The van der Waals surface area contributed by atoms with Crippen LogP contribution in [0.2, 0.25) is 15.1 Å². The molecule has 130 valence electrons. The molecule has 0 saturated carbocycles. The second-order valence-corrected chi connectivity index (χ2v) is 5.96. The van der Waals surface area contributed by atoms with Crippen LogP contribution in [0.3, 0.4) is 0 Å². The molecule has 0 fully saturated rings. The number of benzene rings is 2. The normalized spacial score (nSPS) is 10.5. The molecule has 0 atom stereocenters. The van der Waals surface area contributed by atoms with E-state index >= 15 is 0 Å². The van der Waals surface area contributed by atoms with Gasteiger partial charge in [0.15, 0.2) is 6.61 Å². The topological polar surface area (TPSA) is 79.8 Å². The van der Waals surface area contributed by atoms with Gasteiger partial charge in [0, 0.05) is 21.2 Å². The Morgan fingerprint density at radius 1 is 1.00 bits per heavy atom. The number of amides is 2. The maximum absolute atomic E-state index is 11.8. The second-order valence-electron chi connectivity index (χ2n) is 4.68. The highest BCUT2D eigenvalue weighted by molar-refractivity contribution is 6.36. The first-order valence-corrected chi connectivity index (χ1v) is 8.04. The average Bonchev–Trinajstić information content (AvgIpc) is 2.58. The number of oxime groups is 1. The molecule has 25 heavy (non-hydrogen) atoms. The Kier molecular flexibility index (Phi) is 7.06. The Hall–Kier alpha value is -2.28. The van der Waals surface area contributed by atoms with Gasteiger partial charge in [-0.25, -0.2) is 0 Å². The number of nitrogens with zero attached hydrogens (tertiary/aromatic N) is 1. The fourth-order valence-electron chi connectivity index (χ4n) is 1.63. The summed E-state index contributed by atoms with van der Waals surface area (Å²) in [5.41, 5.74) is 5.38. The average molecular weight is 401 g/mol. The SMILES string of the molecule is O=C(CO/N=C/c1ccc(Cl)cc1Cl)NNC(=O)c1ccc(Cl)cc1. The van der Waals surface area contributed by atoms with E-state index in [4.69, 9.17) is 39.6 Å². The molecule has 2 aromatic rings. The lowest BCUT2D eigenvalue weighted by Crippen LogP contribution is -2.43. The smallest absolute Gasteiger partial charge is 0.279 e. The predicted molar refractivity (Wildman–Crippen MR) is 97.1 cm³/mol. The van der Waals surface area contributed by atoms with Crippen LogP contribution < -0.4 is 10.9 Å². The van der Waals surface area contributed by atoms with Crippen LogP contribution in [0, 0.1) is 0 Å². The van der Waals surface area contributed by atoms with Crippen molar-refractivity contribution in [3.8, 4) is 0 Å². The molecule has 2 aromatic carbocycles. The number of halogens is 3. The highest BCUT2D eigenvalue weighted by Gasteiger charge is 2.07. The minimum absolute atomic E-state index is 0.348. The largest absolute Gasteiger partial charge is 0.386 e. The van der Waals surface area contributed by atoms with E-state index in [9.17, 15) is 9.59 Å². The van der Waals surface area contributed by atoms with Crippen LogP contribution in [0.1, 0.15) is 15.9 Å². The second kappa shape index (κ2) is 9.27. The minimum Gasteiger partial charge on any atom is -0.386 e. The van der Waals surface area contributed by atoms with Gasteiger partial charge < -0.3 is 4.84 Å². The lowest BCUT2D eigenvalue weighted by molar-refractivity contribution is -0.126. The number of carbonyl (C=O) groups is 2. The predicted octanol–water partition coefficient (Wildman–Crippen LogP) is 3.46. The van der Waals surface area contributed by atoms with Crippen molar-refractivity contribution in [3.05, 3.63) is 68.7 Å². The molecule has 2 amide bonds. The number of hydrogen-bond acceptors (Lipinski definition) is 4. The zero-order chi connectivity index (χ0) is 18.2. The number of carbonyl (C=O) groups excluding carboxylic acids is 2. The Balaban J connectivity index is 1.74. The monoisotopic (exact) mass is 399 g/mol. The summed E-state index contributed by atoms with van der Waals surface area (Å²) < 4.78 is 0. The summed E-state index contributed by atoms with van der Waals surface area (Å²) >= 11 is 17.5. The van der Waals surface area contributed by atoms with Crippen molar-refractivity contribution >= 4 is 52.8 Å². The van der Waals surface area contributed by atoms with E-state index in [1.807, 2.05) is 0 Å². The van der Waals surface area contributed by atoms with E-state index in [2.05, 4.69) is 16.0 Å². The molecule has 0 aliphatic carbocycles. The van der Waals surface area contributed by atoms with E-state index in [1.165, 1.54) is 18.3 Å². The first-order valence-electron chi connectivity index (χ1n) is 6.91. The van der Waals surface area contributed by atoms with E-state index in [0.29, 0.717) is 26.2 Å². The molecule has 2 N–H and O–H groups in total. The first kappa shape index (κ1) is 19.1. The Morgan fingerprint density at radius 3 is 2.36 bits per heavy atom. The molecule has 0 unspecified atom stereocenters. The van der Waals surface area contributed by atoms with E-state index in [0.717, 1.165) is 0 Å². The van der Waals surface area contributed by atoms with Gasteiger partial charge in [-0.3, -0.25) is 20.4 Å². The standard InChI is InChI=1S/C16H12Cl3N3O3/c17-12-4-1-10(2-5-12)16(24)22-21-15(23)9-25-20-8-11-3-6-13(18)7-14(11)19/h1-8H,9H2,(H,21,23)(H,22,24)/b20-8+. The zero-order valence-corrected chi connectivity index (χ0v) is 14.9. The fraction of sp³-hybridized carbons (Fsp3) is 0.0625. The number of nitrogens with one attached hydrogen (secondary N) is 2. The number of hydrazine groups is 1. The molecule has 0 radical (unpaired) electrons. The van der Waals surface area contributed by atoms with Gasteiger partial charge >= 0.3 is 0 Å². The number of hydrogen-bond donors (Lipinski definition) is 2. The lowest BCUT2D eigenvalue weighted by Gasteiger charge is -2.06. The Labute approximate surface area is 158 Å². The van der Waals surface area contributed by atoms with Crippen LogP contribution in [-0.2, 0) is 9.63 Å². The molecule has 9 heteroatoms. The third-order valence-electron chi connectivity index (χ3n) is 2.85. The maximum atomic E-state index is 11.8. The molecule has 0 aliphatic rings. The quantitative estimate of drug-likeness (QED) is 0.596. The highest BCUT2D eigenvalue weighted by Crippen LogP contribution is 2.19. The fourth-order valence-corrected chi connectivity index (χ4v) is 2.22. The third-order valence-corrected chi connectivity index (χ3v) is 3.66. The summed E-state index contributed by atoms with van der Waals surface area (Å²) in [6, 6.07) is 11.1. The molecular formula is C16H12Cl3N3O3. The maximum Gasteiger partial charge on any atom is 0.279 e. The van der Waals surface area contributed by atoms with Crippen molar-refractivity contribution in [2.75, 3.05) is 6.61 Å². The molecule has 6 nitrogen and oxygen atoms in total. The van der Waals surface area contributed by atoms with Crippen LogP contribution in [-0.4, -0.2) is 24.6 Å². The third kappa shape index (κ3) is 6.26. The molecule has 0 aliphatic heterocycles. The van der Waals surface area contributed by atoms with Gasteiger partial charge in [-0.2, -0.15) is 0 Å². The van der Waals surface area contributed by atoms with Gasteiger partial charge in [0.1, 0.15) is 0 Å². The van der Waals surface area contributed by atoms with E-state index in [-0.39, 0.29) is 6.61 Å². The van der Waals surface area contributed by atoms with Crippen LogP contribution >= 0.6 is 34.8 Å². The van der Waals surface area contributed by atoms with Crippen molar-refractivity contribution in [3.63, 3.8) is 0 Å². The molecule has 0 heterocycles. The molecule has 0 spiro atoms. The minimum atomic E-state index is -0.582. The van der Waals surface area contributed by atoms with Gasteiger partial charge in [0.05, 0.1) is 11.2 Å². The molecule has 2 rings (SSSR count). The van der Waals surface area contributed by atoms with Crippen molar-refractivity contribution in [2.24, 2.45) is 5.16 Å². The van der Waals surface area contributed by atoms with Crippen LogP contribution in [0.25, 0.3) is 0 Å². The summed E-state index contributed by atoms with van der Waals surface area (Å²) in [5.74, 6) is -1.07. The zero-order valence-electron chi connectivity index (χ0n) is 12.6. The van der Waals surface area contributed by atoms with Gasteiger partial charge in [-0.1, -0.05) is 46.0 Å². The van der Waals surface area contributed by atoms with Crippen molar-refractivity contribution in [1.29, 1.82) is 0 Å². The molecule has 0 aromatic heterocycles. The van der Waals surface area contributed by atoms with E-state index < -0.39 is 11.8 Å². The first-order chi connectivity index (χ1) is 12.0. The number of rotatable bonds is 5. The van der Waals surface area contributed by atoms with Crippen molar-refractivity contribution in [2.45, 2.75) is 0 Å². The van der Waals surface area contributed by atoms with Gasteiger partial charge in [0.25, 0.3) is 11.8 Å². The summed E-state index contributed by atoms with van der Waals surface area (Å²) in [7, 11) is 0. The Bertz CT molecular complexity index is 795. The van der Waals surface area contributed by atoms with Gasteiger partial charge in [-0.05, 0) is 36.4 Å². The molecule has 0 saturated heterocycles. The van der Waals surface area contributed by atoms with Crippen LogP contribution in [0.4, 0.5) is 0 Å². The van der Waals surface area contributed by atoms with E-state index in [1.54, 1.807) is 30.3 Å². The van der Waals surface area contributed by atoms with Crippen molar-refractivity contribution < 1.29 is 14.4 Å². The molecular weight excluding hydrogens is 389 g/mol. The van der Waals surface area contributed by atoms with Gasteiger partial charge in [-0.15, -0.1) is 0 Å². The lowest BCUT2D eigenvalue weighted by atomic mass is 10.2. The van der Waals surface area contributed by atoms with Crippen LogP contribution in [0.15, 0.2) is 47.6 Å². The summed E-state index contributed by atoms with van der Waals surface area (Å²) in [4.78, 5) is 28.2. The van der Waals surface area contributed by atoms with Gasteiger partial charge in [0.2, 0.25) is 0 Å².